The molecular weight excluding hydrogens is 213 g/mol. The van der Waals surface area contributed by atoms with Gasteiger partial charge in [-0.2, -0.15) is 0 Å². The van der Waals surface area contributed by atoms with Crippen LogP contribution < -0.4 is 5.32 Å². The van der Waals surface area contributed by atoms with Gasteiger partial charge in [-0.15, -0.1) is 0 Å². The van der Waals surface area contributed by atoms with Crippen LogP contribution >= 0.6 is 0 Å². The van der Waals surface area contributed by atoms with Crippen LogP contribution in [0.15, 0.2) is 42.5 Å². The Hall–Kier alpha value is -1.83. The molecule has 17 heavy (non-hydrogen) atoms. The Morgan fingerprint density at radius 3 is 2.41 bits per heavy atom. The van der Waals surface area contributed by atoms with E-state index in [-0.39, 0.29) is 5.82 Å². The highest BCUT2D eigenvalue weighted by atomic mass is 19.1. The summed E-state index contributed by atoms with van der Waals surface area (Å²) in [4.78, 5) is 0. The van der Waals surface area contributed by atoms with Crippen molar-refractivity contribution < 1.29 is 4.39 Å². The van der Waals surface area contributed by atoms with Crippen molar-refractivity contribution >= 4 is 5.69 Å². The number of anilines is 1. The van der Waals surface area contributed by atoms with E-state index in [0.717, 1.165) is 16.7 Å². The fraction of sp³-hybridized carbons (Fsp3) is 0.200. The first-order chi connectivity index (χ1) is 8.16. The maximum atomic E-state index is 13.8. The van der Waals surface area contributed by atoms with Crippen molar-refractivity contribution in [1.29, 1.82) is 0 Å². The molecule has 0 aliphatic carbocycles. The highest BCUT2D eigenvalue weighted by molar-refractivity contribution is 5.53. The summed E-state index contributed by atoms with van der Waals surface area (Å²) in [6.45, 7) is 4.46. The topological polar surface area (TPSA) is 12.0 Å². The van der Waals surface area contributed by atoms with Gasteiger partial charge in [0.2, 0.25) is 0 Å². The van der Waals surface area contributed by atoms with Gasteiger partial charge in [-0.1, -0.05) is 36.4 Å². The fourth-order valence-corrected chi connectivity index (χ4v) is 1.93. The van der Waals surface area contributed by atoms with Gasteiger partial charge in [-0.05, 0) is 36.6 Å². The molecule has 2 rings (SSSR count). The Morgan fingerprint density at radius 2 is 1.76 bits per heavy atom. The molecule has 0 atom stereocenters. The lowest BCUT2D eigenvalue weighted by molar-refractivity contribution is 0.628. The van der Waals surface area contributed by atoms with E-state index in [1.807, 2.05) is 50.2 Å². The normalized spacial score (nSPS) is 10.3. The predicted octanol–water partition coefficient (Wildman–Crippen LogP) is 4.05. The molecule has 0 aliphatic heterocycles. The van der Waals surface area contributed by atoms with Gasteiger partial charge >= 0.3 is 0 Å². The van der Waals surface area contributed by atoms with E-state index >= 15 is 0 Å². The third-order valence-corrected chi connectivity index (χ3v) is 2.74. The van der Waals surface area contributed by atoms with E-state index in [1.165, 1.54) is 0 Å². The minimum atomic E-state index is -0.182. The van der Waals surface area contributed by atoms with Crippen LogP contribution in [0.2, 0.25) is 0 Å². The zero-order valence-corrected chi connectivity index (χ0v) is 10.1. The Labute approximate surface area is 101 Å². The van der Waals surface area contributed by atoms with Crippen LogP contribution in [0.25, 0.3) is 0 Å². The molecule has 2 aromatic carbocycles. The molecule has 1 N–H and O–H groups in total. The molecule has 0 bridgehead atoms. The number of aryl methyl sites for hydroxylation is 2. The average Bonchev–Trinajstić information content (AvgIpc) is 2.29. The van der Waals surface area contributed by atoms with Crippen LogP contribution in [0.1, 0.15) is 16.7 Å². The third-order valence-electron chi connectivity index (χ3n) is 2.74. The fourth-order valence-electron chi connectivity index (χ4n) is 1.93. The number of halogens is 1. The van der Waals surface area contributed by atoms with Crippen molar-refractivity contribution in [3.8, 4) is 0 Å². The summed E-state index contributed by atoms with van der Waals surface area (Å²) in [6, 6.07) is 13.5. The second-order valence-electron chi connectivity index (χ2n) is 4.28. The van der Waals surface area contributed by atoms with Crippen LogP contribution in [-0.2, 0) is 6.54 Å². The van der Waals surface area contributed by atoms with Crippen molar-refractivity contribution in [2.45, 2.75) is 20.4 Å². The summed E-state index contributed by atoms with van der Waals surface area (Å²) in [6.07, 6.45) is 0. The molecule has 0 aliphatic rings. The lowest BCUT2D eigenvalue weighted by atomic mass is 10.1. The van der Waals surface area contributed by atoms with Crippen molar-refractivity contribution in [3.63, 3.8) is 0 Å². The predicted molar refractivity (Wildman–Crippen MR) is 69.6 cm³/mol. The number of nitrogens with one attached hydrogen (secondary N) is 1. The molecule has 0 amide bonds. The minimum absolute atomic E-state index is 0.182. The minimum Gasteiger partial charge on any atom is -0.378 e. The van der Waals surface area contributed by atoms with E-state index in [1.54, 1.807) is 6.07 Å². The van der Waals surface area contributed by atoms with E-state index in [2.05, 4.69) is 5.32 Å². The molecule has 88 valence electrons. The van der Waals surface area contributed by atoms with Gasteiger partial charge in [0.15, 0.2) is 0 Å². The lowest BCUT2D eigenvalue weighted by Crippen LogP contribution is -2.03. The standard InChI is InChI=1S/C15H16FN/c1-11-8-12(2)15(14(16)9-11)17-10-13-6-4-3-5-7-13/h3-9,17H,10H2,1-2H3. The SMILES string of the molecule is Cc1cc(C)c(NCc2ccccc2)c(F)c1. The molecule has 2 aromatic rings. The Kier molecular flexibility index (Phi) is 3.43. The van der Waals surface area contributed by atoms with Crippen LogP contribution in [0.5, 0.6) is 0 Å². The van der Waals surface area contributed by atoms with Crippen LogP contribution in [0.4, 0.5) is 10.1 Å². The number of hydrogen-bond donors (Lipinski definition) is 1. The molecule has 1 nitrogen and oxygen atoms in total. The molecule has 0 fully saturated rings. The van der Waals surface area contributed by atoms with Crippen LogP contribution in [0, 0.1) is 19.7 Å². The molecule has 0 radical (unpaired) electrons. The molecular formula is C15H16FN. The maximum Gasteiger partial charge on any atom is 0.146 e. The van der Waals surface area contributed by atoms with Crippen molar-refractivity contribution in [2.24, 2.45) is 0 Å². The summed E-state index contributed by atoms with van der Waals surface area (Å²) in [5.41, 5.74) is 3.63. The van der Waals surface area contributed by atoms with E-state index < -0.39 is 0 Å². The quantitative estimate of drug-likeness (QED) is 0.837. The van der Waals surface area contributed by atoms with Gasteiger partial charge in [0, 0.05) is 6.54 Å². The van der Waals surface area contributed by atoms with Gasteiger partial charge < -0.3 is 5.32 Å². The van der Waals surface area contributed by atoms with Crippen LogP contribution in [0.3, 0.4) is 0 Å². The van der Waals surface area contributed by atoms with Crippen molar-refractivity contribution in [3.05, 3.63) is 65.0 Å². The van der Waals surface area contributed by atoms with E-state index in [0.29, 0.717) is 12.2 Å². The van der Waals surface area contributed by atoms with Gasteiger partial charge in [0.05, 0.1) is 5.69 Å². The van der Waals surface area contributed by atoms with Gasteiger partial charge in [-0.25, -0.2) is 4.39 Å². The second-order valence-corrected chi connectivity index (χ2v) is 4.28. The molecule has 2 heteroatoms. The molecule has 0 aromatic heterocycles. The average molecular weight is 229 g/mol. The molecule has 0 unspecified atom stereocenters. The summed E-state index contributed by atoms with van der Waals surface area (Å²) in [5, 5.41) is 3.15. The third kappa shape index (κ3) is 2.84. The molecule has 0 saturated heterocycles. The summed E-state index contributed by atoms with van der Waals surface area (Å²) in [7, 11) is 0. The monoisotopic (exact) mass is 229 g/mol. The van der Waals surface area contributed by atoms with E-state index in [9.17, 15) is 4.39 Å². The zero-order valence-electron chi connectivity index (χ0n) is 10.1. The number of hydrogen-bond acceptors (Lipinski definition) is 1. The first kappa shape index (κ1) is 11.6. The van der Waals surface area contributed by atoms with E-state index in [4.69, 9.17) is 0 Å². The first-order valence-corrected chi connectivity index (χ1v) is 5.71. The Bertz CT molecular complexity index is 483. The molecule has 0 saturated carbocycles. The second kappa shape index (κ2) is 5.00. The van der Waals surface area contributed by atoms with Crippen molar-refractivity contribution in [2.75, 3.05) is 5.32 Å². The van der Waals surface area contributed by atoms with Crippen LogP contribution in [-0.4, -0.2) is 0 Å². The molecule has 0 heterocycles. The van der Waals surface area contributed by atoms with Gasteiger partial charge in [-0.3, -0.25) is 0 Å². The summed E-state index contributed by atoms with van der Waals surface area (Å²) < 4.78 is 13.8. The number of rotatable bonds is 3. The van der Waals surface area contributed by atoms with Crippen molar-refractivity contribution in [1.82, 2.24) is 0 Å². The highest BCUT2D eigenvalue weighted by Crippen LogP contribution is 2.21. The smallest absolute Gasteiger partial charge is 0.146 e. The maximum absolute atomic E-state index is 13.8. The zero-order chi connectivity index (χ0) is 12.3. The van der Waals surface area contributed by atoms with Gasteiger partial charge in [0.25, 0.3) is 0 Å². The first-order valence-electron chi connectivity index (χ1n) is 5.71. The lowest BCUT2D eigenvalue weighted by Gasteiger charge is -2.11. The molecule has 0 spiro atoms. The Morgan fingerprint density at radius 1 is 1.06 bits per heavy atom. The summed E-state index contributed by atoms with van der Waals surface area (Å²) in [5.74, 6) is -0.182. The summed E-state index contributed by atoms with van der Waals surface area (Å²) >= 11 is 0. The van der Waals surface area contributed by atoms with Gasteiger partial charge in [0.1, 0.15) is 5.82 Å². The highest BCUT2D eigenvalue weighted by Gasteiger charge is 2.06. The number of benzene rings is 2. The Balaban J connectivity index is 2.15. The largest absolute Gasteiger partial charge is 0.378 e.